The van der Waals surface area contributed by atoms with Crippen LogP contribution < -0.4 is 5.48 Å². The second kappa shape index (κ2) is 0.415. The number of rotatable bonds is 0. The fourth-order valence-corrected chi connectivity index (χ4v) is 0.0257. The zero-order valence-corrected chi connectivity index (χ0v) is 1.86. The van der Waals surface area contributed by atoms with Crippen LogP contribution in [0.25, 0.3) is 0 Å². The normalized spacial score (nSPS) is 39.8. The summed E-state index contributed by atoms with van der Waals surface area (Å²) in [6.45, 7) is -1.17. The van der Waals surface area contributed by atoms with Gasteiger partial charge in [-0.1, -0.05) is 0 Å². The molecule has 1 saturated heterocycles. The Morgan fingerprint density at radius 1 is 2.00 bits per heavy atom. The fourth-order valence-electron chi connectivity index (χ4n) is 0.0257. The summed E-state index contributed by atoms with van der Waals surface area (Å²) in [6, 6.07) is 0. The van der Waals surface area contributed by atoms with Gasteiger partial charge in [0.1, 0.15) is 0 Å². The molecule has 1 N–H and O–H groups in total. The number of hydroxylamine groups is 1. The molecule has 4 heavy (non-hydrogen) atoms. The van der Waals surface area contributed by atoms with E-state index in [-0.39, 0.29) is 0 Å². The molecule has 0 aliphatic carbocycles. The van der Waals surface area contributed by atoms with Gasteiger partial charge >= 0.3 is 0 Å². The van der Waals surface area contributed by atoms with Gasteiger partial charge in [0.2, 0.25) is 0 Å². The highest BCUT2D eigenvalue weighted by atomic mass is 19.2. The highest BCUT2D eigenvalue weighted by Gasteiger charge is 2.18. The lowest BCUT2D eigenvalue weighted by Gasteiger charge is -1.42. The third-order valence-corrected chi connectivity index (χ3v) is 0.207. The number of hydrogen-bond donors (Lipinski definition) is 1. The Morgan fingerprint density at radius 2 is 2.25 bits per heavy atom. The Hall–Kier alpha value is -0.150. The molecule has 1 fully saturated rings. The number of halogens is 1. The minimum absolute atomic E-state index is 1.17. The van der Waals surface area contributed by atoms with Crippen LogP contribution in [-0.4, -0.2) is 6.48 Å². The largest absolute Gasteiger partial charge is 0.293 e. The first kappa shape index (κ1) is 2.11. The Labute approximate surface area is 22.5 Å². The van der Waals surface area contributed by atoms with Crippen molar-refractivity contribution < 1.29 is 9.23 Å². The first-order valence-electron chi connectivity index (χ1n) is 0.947. The van der Waals surface area contributed by atoms with Crippen LogP contribution in [-0.2, 0) is 4.84 Å². The van der Waals surface area contributed by atoms with Gasteiger partial charge in [-0.15, -0.1) is 5.48 Å². The van der Waals surface area contributed by atoms with Gasteiger partial charge in [-0.25, -0.2) is 4.84 Å². The Kier molecular flexibility index (Phi) is 0.219. The van der Waals surface area contributed by atoms with Gasteiger partial charge in [0.05, 0.1) is 0 Å². The van der Waals surface area contributed by atoms with Crippen LogP contribution in [0, 0.1) is 0 Å². The predicted octanol–water partition coefficient (Wildman–Crippen LogP) is -0.226. The molecule has 0 spiro atoms. The van der Waals surface area contributed by atoms with Crippen molar-refractivity contribution in [2.75, 3.05) is 0 Å². The molecule has 0 saturated carbocycles. The summed E-state index contributed by atoms with van der Waals surface area (Å²) in [4.78, 5) is 3.79. The van der Waals surface area contributed by atoms with Crippen molar-refractivity contribution in [2.45, 2.75) is 6.48 Å². The first-order valence-corrected chi connectivity index (χ1v) is 0.947. The number of hydrogen-bond acceptors (Lipinski definition) is 2. The first-order chi connectivity index (χ1) is 1.89. The topological polar surface area (TPSA) is 34.5 Å². The van der Waals surface area contributed by atoms with Crippen molar-refractivity contribution >= 4 is 0 Å². The zero-order chi connectivity index (χ0) is 2.99. The lowest BCUT2D eigenvalue weighted by atomic mass is 11.4. The van der Waals surface area contributed by atoms with E-state index in [1.165, 1.54) is 0 Å². The maximum atomic E-state index is 10.8. The molecule has 1 rings (SSSR count). The van der Waals surface area contributed by atoms with E-state index in [0.717, 1.165) is 0 Å². The molecule has 1 unspecified atom stereocenters. The second-order valence-corrected chi connectivity index (χ2v) is 0.552. The SMILES string of the molecule is FC1NO1. The molecule has 0 radical (unpaired) electrons. The van der Waals surface area contributed by atoms with E-state index in [0.29, 0.717) is 0 Å². The van der Waals surface area contributed by atoms with Gasteiger partial charge in [0, 0.05) is 0 Å². The van der Waals surface area contributed by atoms with E-state index in [1.54, 1.807) is 0 Å². The summed E-state index contributed by atoms with van der Waals surface area (Å²) in [5.41, 5.74) is 1.93. The van der Waals surface area contributed by atoms with Crippen molar-refractivity contribution in [3.8, 4) is 0 Å². The van der Waals surface area contributed by atoms with Crippen molar-refractivity contribution in [3.05, 3.63) is 0 Å². The zero-order valence-electron chi connectivity index (χ0n) is 1.86. The smallest absolute Gasteiger partial charge is 0.243 e. The van der Waals surface area contributed by atoms with E-state index >= 15 is 0 Å². The quantitative estimate of drug-likeness (QED) is 0.311. The van der Waals surface area contributed by atoms with Crippen LogP contribution in [0.2, 0.25) is 0 Å². The Bertz CT molecular complexity index is 27.2. The van der Waals surface area contributed by atoms with Crippen molar-refractivity contribution in [1.82, 2.24) is 5.48 Å². The average molecular weight is 63.0 g/mol. The van der Waals surface area contributed by atoms with Gasteiger partial charge in [0.25, 0.3) is 6.48 Å². The van der Waals surface area contributed by atoms with Crippen LogP contribution in [0.1, 0.15) is 0 Å². The van der Waals surface area contributed by atoms with E-state index in [1.807, 2.05) is 5.48 Å². The minimum atomic E-state index is -1.17. The third kappa shape index (κ3) is 0.165. The van der Waals surface area contributed by atoms with Crippen LogP contribution >= 0.6 is 0 Å². The maximum Gasteiger partial charge on any atom is 0.293 e. The van der Waals surface area contributed by atoms with Crippen molar-refractivity contribution in [1.29, 1.82) is 0 Å². The van der Waals surface area contributed by atoms with Crippen LogP contribution in [0.15, 0.2) is 0 Å². The standard InChI is InChI=1S/CH2FNO/c2-1-3-4-1/h1,3H. The highest BCUT2D eigenvalue weighted by Crippen LogP contribution is 1.96. The molecule has 0 bridgehead atoms. The number of alkyl halides is 1. The number of nitrogens with one attached hydrogen (secondary N) is 1. The molecule has 0 amide bonds. The Balaban J connectivity index is 2.17. The lowest BCUT2D eigenvalue weighted by Crippen LogP contribution is -1.69. The van der Waals surface area contributed by atoms with Gasteiger partial charge in [-0.3, -0.25) is 0 Å². The molecular weight excluding hydrogens is 61.0 g/mol. The van der Waals surface area contributed by atoms with Gasteiger partial charge in [-0.05, 0) is 0 Å². The molecule has 1 aliphatic rings. The molecule has 1 atom stereocenters. The molecule has 0 aromatic heterocycles. The van der Waals surface area contributed by atoms with E-state index in [9.17, 15) is 4.39 Å². The summed E-state index contributed by atoms with van der Waals surface area (Å²) in [5, 5.41) is 0. The van der Waals surface area contributed by atoms with Crippen LogP contribution in [0.4, 0.5) is 4.39 Å². The molecular formula is CH2FNO. The van der Waals surface area contributed by atoms with Crippen molar-refractivity contribution in [3.63, 3.8) is 0 Å². The molecule has 24 valence electrons. The Morgan fingerprint density at radius 3 is 2.25 bits per heavy atom. The summed E-state index contributed by atoms with van der Waals surface area (Å²) in [5.74, 6) is 0. The van der Waals surface area contributed by atoms with E-state index in [2.05, 4.69) is 4.84 Å². The van der Waals surface area contributed by atoms with Gasteiger partial charge < -0.3 is 0 Å². The second-order valence-electron chi connectivity index (χ2n) is 0.552. The molecule has 2 nitrogen and oxygen atoms in total. The molecule has 3 heteroatoms. The minimum Gasteiger partial charge on any atom is -0.243 e. The predicted molar refractivity (Wildman–Crippen MR) is 9.12 cm³/mol. The van der Waals surface area contributed by atoms with Crippen LogP contribution in [0.3, 0.4) is 0 Å². The molecule has 1 heterocycles. The van der Waals surface area contributed by atoms with Gasteiger partial charge in [0.15, 0.2) is 0 Å². The van der Waals surface area contributed by atoms with Crippen LogP contribution in [0.5, 0.6) is 0 Å². The third-order valence-electron chi connectivity index (χ3n) is 0.207. The van der Waals surface area contributed by atoms with Gasteiger partial charge in [-0.2, -0.15) is 4.39 Å². The average Bonchev–Trinajstić information content (AvgIpc) is 1.75. The highest BCUT2D eigenvalue weighted by molar-refractivity contribution is 4.30. The van der Waals surface area contributed by atoms with E-state index in [4.69, 9.17) is 0 Å². The fraction of sp³-hybridized carbons (Fsp3) is 1.00. The van der Waals surface area contributed by atoms with Crippen molar-refractivity contribution in [2.24, 2.45) is 0 Å². The molecule has 0 aromatic rings. The molecule has 1 aliphatic heterocycles. The summed E-state index contributed by atoms with van der Waals surface area (Å²) in [7, 11) is 0. The maximum absolute atomic E-state index is 10.8. The molecule has 0 aromatic carbocycles. The lowest BCUT2D eigenvalue weighted by molar-refractivity contribution is 0.264. The summed E-state index contributed by atoms with van der Waals surface area (Å²) < 4.78 is 10.8. The summed E-state index contributed by atoms with van der Waals surface area (Å²) >= 11 is 0. The van der Waals surface area contributed by atoms with E-state index < -0.39 is 6.48 Å². The summed E-state index contributed by atoms with van der Waals surface area (Å²) in [6.07, 6.45) is 0. The monoisotopic (exact) mass is 63.0 g/mol.